The molecule has 2 aliphatic rings. The molecule has 5 rings (SSSR count). The molecule has 9 heteroatoms. The second-order valence-corrected chi connectivity index (χ2v) is 10.5. The van der Waals surface area contributed by atoms with Crippen molar-refractivity contribution in [2.45, 2.75) is 24.8 Å². The maximum absolute atomic E-state index is 13.4. The summed E-state index contributed by atoms with van der Waals surface area (Å²) < 4.78 is 28.5. The average Bonchev–Trinajstić information content (AvgIpc) is 3.41. The summed E-state index contributed by atoms with van der Waals surface area (Å²) in [6, 6.07) is 11.8. The molecule has 2 fully saturated rings. The van der Waals surface area contributed by atoms with E-state index in [0.717, 1.165) is 30.7 Å². The van der Waals surface area contributed by atoms with Gasteiger partial charge in [-0.15, -0.1) is 0 Å². The van der Waals surface area contributed by atoms with Crippen molar-refractivity contribution >= 4 is 20.9 Å². The summed E-state index contributed by atoms with van der Waals surface area (Å²) in [6.45, 7) is 5.82. The van der Waals surface area contributed by atoms with Gasteiger partial charge in [-0.3, -0.25) is 15.3 Å². The van der Waals surface area contributed by atoms with Crippen LogP contribution in [0.1, 0.15) is 22.9 Å². The molecular formula is C22H28N6O2S. The van der Waals surface area contributed by atoms with Crippen LogP contribution < -0.4 is 10.9 Å². The zero-order chi connectivity index (χ0) is 21.4. The van der Waals surface area contributed by atoms with Gasteiger partial charge >= 0.3 is 0 Å². The Bertz CT molecular complexity index is 1160. The van der Waals surface area contributed by atoms with Crippen molar-refractivity contribution < 1.29 is 8.42 Å². The van der Waals surface area contributed by atoms with Crippen LogP contribution in [0.5, 0.6) is 0 Å². The number of rotatable bonds is 5. The van der Waals surface area contributed by atoms with E-state index in [4.69, 9.17) is 0 Å². The van der Waals surface area contributed by atoms with E-state index in [0.29, 0.717) is 19.6 Å². The Morgan fingerprint density at radius 1 is 1.06 bits per heavy atom. The van der Waals surface area contributed by atoms with Crippen LogP contribution in [0.25, 0.3) is 10.9 Å². The second-order valence-electron chi connectivity index (χ2n) is 8.32. The number of aryl methyl sites for hydroxylation is 1. The molecular weight excluding hydrogens is 412 g/mol. The highest BCUT2D eigenvalue weighted by Crippen LogP contribution is 2.28. The molecule has 2 aliphatic heterocycles. The lowest BCUT2D eigenvalue weighted by atomic mass is 10.1. The molecule has 0 saturated carbocycles. The van der Waals surface area contributed by atoms with E-state index in [1.807, 2.05) is 18.2 Å². The van der Waals surface area contributed by atoms with Crippen molar-refractivity contribution in [1.82, 2.24) is 30.0 Å². The van der Waals surface area contributed by atoms with E-state index in [2.05, 4.69) is 50.8 Å². The molecule has 164 valence electrons. The number of aromatic nitrogens is 2. The molecule has 2 aromatic heterocycles. The monoisotopic (exact) mass is 440 g/mol. The Hall–Kier alpha value is -2.30. The van der Waals surface area contributed by atoms with Crippen molar-refractivity contribution in [3.63, 3.8) is 0 Å². The van der Waals surface area contributed by atoms with Crippen LogP contribution in [0.4, 0.5) is 0 Å². The maximum atomic E-state index is 13.4. The van der Waals surface area contributed by atoms with Crippen LogP contribution in [-0.2, 0) is 16.6 Å². The summed E-state index contributed by atoms with van der Waals surface area (Å²) in [5.41, 5.74) is 10.7. The van der Waals surface area contributed by atoms with E-state index in [1.54, 1.807) is 16.7 Å². The summed E-state index contributed by atoms with van der Waals surface area (Å²) in [4.78, 5) is 9.90. The van der Waals surface area contributed by atoms with Gasteiger partial charge in [0.25, 0.3) is 0 Å². The Labute approximate surface area is 182 Å². The lowest BCUT2D eigenvalue weighted by Crippen LogP contribution is -2.52. The number of piperazine rings is 1. The van der Waals surface area contributed by atoms with Crippen molar-refractivity contribution in [1.29, 1.82) is 0 Å². The summed E-state index contributed by atoms with van der Waals surface area (Å²) in [5.74, 6) is 0. The third-order valence-electron chi connectivity index (χ3n) is 6.52. The average molecular weight is 441 g/mol. The molecule has 4 heterocycles. The molecule has 0 amide bonds. The molecule has 0 aliphatic carbocycles. The van der Waals surface area contributed by atoms with E-state index < -0.39 is 15.3 Å². The molecule has 0 bridgehead atoms. The number of para-hydroxylation sites is 1. The van der Waals surface area contributed by atoms with Gasteiger partial charge in [-0.2, -0.15) is 4.31 Å². The fraction of sp³-hybridized carbons (Fsp3) is 0.409. The number of hydrazine groups is 1. The lowest BCUT2D eigenvalue weighted by Gasteiger charge is -2.36. The van der Waals surface area contributed by atoms with Gasteiger partial charge in [0.05, 0.1) is 6.04 Å². The number of sulfonamides is 1. The first-order valence-corrected chi connectivity index (χ1v) is 12.2. The third-order valence-corrected chi connectivity index (χ3v) is 8.81. The Morgan fingerprint density at radius 2 is 1.81 bits per heavy atom. The van der Waals surface area contributed by atoms with Crippen LogP contribution >= 0.6 is 0 Å². The minimum Gasteiger partial charge on any atom is -0.357 e. The molecule has 1 aromatic carbocycles. The Balaban J connectivity index is 1.26. The third kappa shape index (κ3) is 3.88. The first kappa shape index (κ1) is 20.6. The van der Waals surface area contributed by atoms with Crippen LogP contribution in [0, 0.1) is 6.92 Å². The number of nitrogens with zero attached hydrogens (tertiary/aromatic N) is 3. The molecule has 3 aromatic rings. The Kier molecular flexibility index (Phi) is 5.53. The second kappa shape index (κ2) is 8.33. The van der Waals surface area contributed by atoms with Crippen LogP contribution in [0.3, 0.4) is 0 Å². The van der Waals surface area contributed by atoms with Gasteiger partial charge in [0.1, 0.15) is 5.25 Å². The fourth-order valence-electron chi connectivity index (χ4n) is 4.68. The van der Waals surface area contributed by atoms with E-state index >= 15 is 0 Å². The first-order valence-electron chi connectivity index (χ1n) is 10.7. The fourth-order valence-corrected chi connectivity index (χ4v) is 6.60. The topological polar surface area (TPSA) is 93.4 Å². The molecule has 0 radical (unpaired) electrons. The van der Waals surface area contributed by atoms with Crippen LogP contribution in [0.2, 0.25) is 0 Å². The van der Waals surface area contributed by atoms with Gasteiger partial charge in [-0.1, -0.05) is 18.2 Å². The largest absolute Gasteiger partial charge is 0.357 e. The zero-order valence-corrected chi connectivity index (χ0v) is 18.4. The normalized spacial score (nSPS) is 23.5. The van der Waals surface area contributed by atoms with Gasteiger partial charge in [-0.25, -0.2) is 13.8 Å². The first-order chi connectivity index (χ1) is 15.0. The molecule has 2 atom stereocenters. The smallest absolute Gasteiger partial charge is 0.220 e. The zero-order valence-electron chi connectivity index (χ0n) is 17.6. The SMILES string of the molecule is Cc1c(CN2CCN(S(=O)(=O)C3CNNC3c3ccncc3)CC2)[nH]c2ccccc12. The predicted molar refractivity (Wildman–Crippen MR) is 121 cm³/mol. The van der Waals surface area contributed by atoms with E-state index in [9.17, 15) is 8.42 Å². The quantitative estimate of drug-likeness (QED) is 0.557. The number of benzene rings is 1. The predicted octanol–water partition coefficient (Wildman–Crippen LogP) is 1.54. The van der Waals surface area contributed by atoms with Crippen molar-refractivity contribution in [3.05, 3.63) is 65.6 Å². The highest BCUT2D eigenvalue weighted by molar-refractivity contribution is 7.89. The molecule has 0 spiro atoms. The molecule has 2 unspecified atom stereocenters. The summed E-state index contributed by atoms with van der Waals surface area (Å²) >= 11 is 0. The van der Waals surface area contributed by atoms with Crippen molar-refractivity contribution in [2.75, 3.05) is 32.7 Å². The number of pyridine rings is 1. The van der Waals surface area contributed by atoms with E-state index in [1.165, 1.54) is 16.6 Å². The minimum absolute atomic E-state index is 0.278. The van der Waals surface area contributed by atoms with Crippen LogP contribution in [-0.4, -0.2) is 65.6 Å². The highest BCUT2D eigenvalue weighted by atomic mass is 32.2. The summed E-state index contributed by atoms with van der Waals surface area (Å²) in [5, 5.41) is 0.722. The van der Waals surface area contributed by atoms with Gasteiger partial charge in [0, 0.05) is 68.3 Å². The molecule has 8 nitrogen and oxygen atoms in total. The molecule has 2 saturated heterocycles. The maximum Gasteiger partial charge on any atom is 0.220 e. The standard InChI is InChI=1S/C22H28N6O2S/c1-16-18-4-2-3-5-19(18)25-20(16)15-27-10-12-28(13-11-27)31(29,30)21-14-24-26-22(21)17-6-8-23-9-7-17/h2-9,21-22,24-26H,10-15H2,1H3. The Morgan fingerprint density at radius 3 is 2.55 bits per heavy atom. The number of H-pyrrole nitrogens is 1. The van der Waals surface area contributed by atoms with Gasteiger partial charge in [-0.05, 0) is 36.2 Å². The van der Waals surface area contributed by atoms with Gasteiger partial charge in [0.2, 0.25) is 10.0 Å². The number of hydrogen-bond donors (Lipinski definition) is 3. The van der Waals surface area contributed by atoms with E-state index in [-0.39, 0.29) is 6.04 Å². The summed E-state index contributed by atoms with van der Waals surface area (Å²) in [6.07, 6.45) is 3.40. The van der Waals surface area contributed by atoms with Crippen molar-refractivity contribution in [2.24, 2.45) is 0 Å². The lowest BCUT2D eigenvalue weighted by molar-refractivity contribution is 0.179. The van der Waals surface area contributed by atoms with Crippen molar-refractivity contribution in [3.8, 4) is 0 Å². The van der Waals surface area contributed by atoms with Gasteiger partial charge < -0.3 is 4.98 Å². The number of fused-ring (bicyclic) bond motifs is 1. The number of aromatic amines is 1. The minimum atomic E-state index is -3.43. The number of hydrogen-bond acceptors (Lipinski definition) is 6. The molecule has 31 heavy (non-hydrogen) atoms. The van der Waals surface area contributed by atoms with Crippen LogP contribution in [0.15, 0.2) is 48.8 Å². The summed E-state index contributed by atoms with van der Waals surface area (Å²) in [7, 11) is -3.43. The number of nitrogens with one attached hydrogen (secondary N) is 3. The van der Waals surface area contributed by atoms with Gasteiger partial charge in [0.15, 0.2) is 0 Å². The molecule has 3 N–H and O–H groups in total. The highest BCUT2D eigenvalue weighted by Gasteiger charge is 2.42.